The molecule has 1 fully saturated rings. The summed E-state index contributed by atoms with van der Waals surface area (Å²) in [5.41, 5.74) is 3.70. The van der Waals surface area contributed by atoms with Crippen LogP contribution in [0.2, 0.25) is 0 Å². The number of benzene rings is 2. The lowest BCUT2D eigenvalue weighted by atomic mass is 9.99. The van der Waals surface area contributed by atoms with Crippen molar-refractivity contribution in [3.05, 3.63) is 70.9 Å². The van der Waals surface area contributed by atoms with Crippen molar-refractivity contribution >= 4 is 17.4 Å². The number of aryl methyl sites for hydroxylation is 1. The molecular formula is C26H31N3O3. The number of methoxy groups -OCH3 is 1. The molecule has 0 bridgehead atoms. The van der Waals surface area contributed by atoms with Gasteiger partial charge in [-0.1, -0.05) is 48.0 Å². The maximum atomic E-state index is 13.7. The fourth-order valence-corrected chi connectivity index (χ4v) is 4.58. The Kier molecular flexibility index (Phi) is 6.33. The highest BCUT2D eigenvalue weighted by Crippen LogP contribution is 2.35. The molecule has 2 aliphatic heterocycles. The Hall–Kier alpha value is -3.12. The molecule has 0 unspecified atom stereocenters. The zero-order valence-electron chi connectivity index (χ0n) is 19.3. The van der Waals surface area contributed by atoms with Crippen LogP contribution in [0, 0.1) is 6.92 Å². The minimum absolute atomic E-state index is 0.182. The van der Waals surface area contributed by atoms with E-state index < -0.39 is 0 Å². The molecule has 6 heteroatoms. The molecule has 0 atom stereocenters. The Bertz CT molecular complexity index is 1040. The average Bonchev–Trinajstić information content (AvgIpc) is 3.05. The van der Waals surface area contributed by atoms with Gasteiger partial charge in [-0.15, -0.1) is 0 Å². The van der Waals surface area contributed by atoms with Gasteiger partial charge in [-0.05, 0) is 51.5 Å². The van der Waals surface area contributed by atoms with Crippen molar-refractivity contribution in [2.24, 2.45) is 0 Å². The Morgan fingerprint density at radius 3 is 2.31 bits per heavy atom. The summed E-state index contributed by atoms with van der Waals surface area (Å²) in [6, 6.07) is 15.6. The van der Waals surface area contributed by atoms with Crippen LogP contribution in [0.3, 0.4) is 0 Å². The van der Waals surface area contributed by atoms with Crippen molar-refractivity contribution in [2.75, 3.05) is 34.3 Å². The first-order valence-corrected chi connectivity index (χ1v) is 11.1. The minimum Gasteiger partial charge on any atom is -0.496 e. The Morgan fingerprint density at radius 1 is 1.00 bits per heavy atom. The highest BCUT2D eigenvalue weighted by Gasteiger charge is 2.42. The zero-order chi connectivity index (χ0) is 22.8. The summed E-state index contributed by atoms with van der Waals surface area (Å²) < 4.78 is 5.45. The van der Waals surface area contributed by atoms with Crippen molar-refractivity contribution in [3.8, 4) is 5.75 Å². The third-order valence-corrected chi connectivity index (χ3v) is 6.59. The molecule has 0 spiro atoms. The molecule has 1 saturated heterocycles. The van der Waals surface area contributed by atoms with Gasteiger partial charge in [0.15, 0.2) is 0 Å². The normalized spacial score (nSPS) is 17.9. The van der Waals surface area contributed by atoms with Gasteiger partial charge in [-0.2, -0.15) is 0 Å². The molecular weight excluding hydrogens is 402 g/mol. The molecule has 2 aliphatic rings. The Labute approximate surface area is 190 Å². The molecule has 0 aromatic heterocycles. The number of piperidine rings is 1. The average molecular weight is 434 g/mol. The van der Waals surface area contributed by atoms with Gasteiger partial charge in [0.05, 0.1) is 19.2 Å². The smallest absolute Gasteiger partial charge is 0.278 e. The third kappa shape index (κ3) is 4.15. The van der Waals surface area contributed by atoms with E-state index in [1.54, 1.807) is 7.11 Å². The number of ether oxygens (including phenoxy) is 1. The number of nitrogens with zero attached hydrogens (tertiary/aromatic N) is 3. The quantitative estimate of drug-likeness (QED) is 0.655. The van der Waals surface area contributed by atoms with Gasteiger partial charge in [-0.25, -0.2) is 0 Å². The van der Waals surface area contributed by atoms with Crippen molar-refractivity contribution in [1.29, 1.82) is 0 Å². The van der Waals surface area contributed by atoms with Gasteiger partial charge in [-0.3, -0.25) is 14.5 Å². The summed E-state index contributed by atoms with van der Waals surface area (Å²) >= 11 is 0. The maximum Gasteiger partial charge on any atom is 0.278 e. The summed E-state index contributed by atoms with van der Waals surface area (Å²) in [5.74, 6) is 0.180. The van der Waals surface area contributed by atoms with Crippen LogP contribution in [0.5, 0.6) is 5.75 Å². The van der Waals surface area contributed by atoms with Gasteiger partial charge in [0.25, 0.3) is 11.8 Å². The molecule has 2 aromatic rings. The minimum atomic E-state index is -0.250. The van der Waals surface area contributed by atoms with E-state index in [2.05, 4.69) is 11.9 Å². The van der Waals surface area contributed by atoms with Crippen LogP contribution in [0.1, 0.15) is 29.5 Å². The predicted octanol–water partition coefficient (Wildman–Crippen LogP) is 3.31. The largest absolute Gasteiger partial charge is 0.496 e. The Balaban J connectivity index is 1.72. The highest BCUT2D eigenvalue weighted by atomic mass is 16.5. The van der Waals surface area contributed by atoms with Crippen LogP contribution in [-0.4, -0.2) is 66.9 Å². The first kappa shape index (κ1) is 22.1. The molecule has 32 heavy (non-hydrogen) atoms. The standard InChI is InChI=1S/C26H31N3O3/c1-18-9-11-19(12-10-18)23-24(28(3)21-13-15-27(2)16-14-21)26(31)29(25(23)30)17-20-7-5-6-8-22(20)32-4/h5-12,21H,13-17H2,1-4H3. The van der Waals surface area contributed by atoms with Gasteiger partial charge >= 0.3 is 0 Å². The molecule has 0 N–H and O–H groups in total. The summed E-state index contributed by atoms with van der Waals surface area (Å²) in [6.07, 6.45) is 1.93. The van der Waals surface area contributed by atoms with Crippen LogP contribution in [-0.2, 0) is 16.1 Å². The van der Waals surface area contributed by atoms with Gasteiger partial charge in [0.2, 0.25) is 0 Å². The lowest BCUT2D eigenvalue weighted by Gasteiger charge is -2.36. The molecule has 0 radical (unpaired) electrons. The molecule has 2 heterocycles. The second-order valence-electron chi connectivity index (χ2n) is 8.74. The van der Waals surface area contributed by atoms with Gasteiger partial charge in [0, 0.05) is 18.7 Å². The van der Waals surface area contributed by atoms with Crippen molar-refractivity contribution in [1.82, 2.24) is 14.7 Å². The molecule has 6 nitrogen and oxygen atoms in total. The van der Waals surface area contributed by atoms with Gasteiger partial charge in [0.1, 0.15) is 11.4 Å². The SMILES string of the molecule is COc1ccccc1CN1C(=O)C(c2ccc(C)cc2)=C(N(C)C2CCN(C)CC2)C1=O. The van der Waals surface area contributed by atoms with Crippen molar-refractivity contribution < 1.29 is 14.3 Å². The molecule has 168 valence electrons. The van der Waals surface area contributed by atoms with E-state index in [0.717, 1.165) is 42.6 Å². The summed E-state index contributed by atoms with van der Waals surface area (Å²) in [6.45, 7) is 4.16. The number of hydrogen-bond donors (Lipinski definition) is 0. The fourth-order valence-electron chi connectivity index (χ4n) is 4.58. The first-order valence-electron chi connectivity index (χ1n) is 11.1. The second kappa shape index (κ2) is 9.17. The lowest BCUT2D eigenvalue weighted by molar-refractivity contribution is -0.138. The van der Waals surface area contributed by atoms with Crippen molar-refractivity contribution in [3.63, 3.8) is 0 Å². The fraction of sp³-hybridized carbons (Fsp3) is 0.385. The number of imide groups is 1. The first-order chi connectivity index (χ1) is 15.4. The summed E-state index contributed by atoms with van der Waals surface area (Å²) in [7, 11) is 5.67. The van der Waals surface area contributed by atoms with Crippen molar-refractivity contribution in [2.45, 2.75) is 32.4 Å². The Morgan fingerprint density at radius 2 is 1.66 bits per heavy atom. The monoisotopic (exact) mass is 433 g/mol. The molecule has 4 rings (SSSR count). The number of likely N-dealkylation sites (tertiary alicyclic amines) is 1. The van der Waals surface area contributed by atoms with E-state index in [4.69, 9.17) is 4.74 Å². The van der Waals surface area contributed by atoms with Crippen LogP contribution >= 0.6 is 0 Å². The topological polar surface area (TPSA) is 53.1 Å². The highest BCUT2D eigenvalue weighted by molar-refractivity contribution is 6.35. The zero-order valence-corrected chi connectivity index (χ0v) is 19.3. The maximum absolute atomic E-state index is 13.7. The summed E-state index contributed by atoms with van der Waals surface area (Å²) in [4.78, 5) is 33.0. The van der Waals surface area contributed by atoms with Crippen LogP contribution < -0.4 is 4.74 Å². The van der Waals surface area contributed by atoms with Crippen LogP contribution in [0.4, 0.5) is 0 Å². The van der Waals surface area contributed by atoms with E-state index in [1.165, 1.54) is 4.90 Å². The number of likely N-dealkylation sites (N-methyl/N-ethyl adjacent to an activating group) is 1. The van der Waals surface area contributed by atoms with E-state index in [1.807, 2.05) is 67.4 Å². The van der Waals surface area contributed by atoms with E-state index in [-0.39, 0.29) is 24.4 Å². The van der Waals surface area contributed by atoms with Gasteiger partial charge < -0.3 is 14.5 Å². The van der Waals surface area contributed by atoms with Crippen LogP contribution in [0.25, 0.3) is 5.57 Å². The number of carbonyl (C=O) groups is 2. The number of amides is 2. The number of hydrogen-bond acceptors (Lipinski definition) is 5. The molecule has 0 saturated carbocycles. The molecule has 2 amide bonds. The summed E-state index contributed by atoms with van der Waals surface area (Å²) in [5, 5.41) is 0. The molecule has 0 aliphatic carbocycles. The third-order valence-electron chi connectivity index (χ3n) is 6.59. The van der Waals surface area contributed by atoms with E-state index in [0.29, 0.717) is 17.0 Å². The second-order valence-corrected chi connectivity index (χ2v) is 8.74. The number of rotatable bonds is 6. The van der Waals surface area contributed by atoms with Crippen LogP contribution in [0.15, 0.2) is 54.2 Å². The van der Waals surface area contributed by atoms with E-state index in [9.17, 15) is 9.59 Å². The lowest BCUT2D eigenvalue weighted by Crippen LogP contribution is -2.43. The number of carbonyl (C=O) groups excluding carboxylic acids is 2. The molecule has 2 aromatic carbocycles. The number of para-hydroxylation sites is 1. The predicted molar refractivity (Wildman–Crippen MR) is 125 cm³/mol. The van der Waals surface area contributed by atoms with E-state index >= 15 is 0 Å².